The van der Waals surface area contributed by atoms with Crippen LogP contribution < -0.4 is 5.32 Å². The number of carbonyl (C=O) groups excluding carboxylic acids is 1. The zero-order valence-electron chi connectivity index (χ0n) is 9.61. The lowest BCUT2D eigenvalue weighted by molar-refractivity contribution is 0.0759. The molecule has 1 fully saturated rings. The molecule has 1 aromatic rings. The van der Waals surface area contributed by atoms with Crippen molar-refractivity contribution in [1.29, 1.82) is 0 Å². The van der Waals surface area contributed by atoms with Crippen LogP contribution in [-0.4, -0.2) is 37.0 Å². The molecule has 0 aliphatic carbocycles. The van der Waals surface area contributed by atoms with E-state index in [1.165, 1.54) is 19.1 Å². The van der Waals surface area contributed by atoms with Crippen LogP contribution in [0.1, 0.15) is 29.8 Å². The minimum Gasteiger partial charge on any atom is -0.459 e. The summed E-state index contributed by atoms with van der Waals surface area (Å²) >= 11 is 0. The molecule has 0 bridgehead atoms. The number of hydrogen-bond donors (Lipinski definition) is 1. The first-order valence-electron chi connectivity index (χ1n) is 5.80. The maximum absolute atomic E-state index is 11.8. The van der Waals surface area contributed by atoms with Crippen molar-refractivity contribution >= 4 is 5.91 Å². The van der Waals surface area contributed by atoms with Crippen molar-refractivity contribution in [2.24, 2.45) is 0 Å². The molecule has 1 aromatic heterocycles. The van der Waals surface area contributed by atoms with Crippen molar-refractivity contribution < 1.29 is 9.21 Å². The van der Waals surface area contributed by atoms with Crippen LogP contribution in [0.2, 0.25) is 0 Å². The number of hydrogen-bond acceptors (Lipinski definition) is 3. The van der Waals surface area contributed by atoms with E-state index in [1.807, 2.05) is 7.05 Å². The Morgan fingerprint density at radius 3 is 3.19 bits per heavy atom. The summed E-state index contributed by atoms with van der Waals surface area (Å²) in [7, 11) is 1.82. The molecule has 0 aromatic carbocycles. The van der Waals surface area contributed by atoms with Crippen LogP contribution in [0.3, 0.4) is 0 Å². The Morgan fingerprint density at radius 2 is 2.56 bits per heavy atom. The van der Waals surface area contributed by atoms with Crippen LogP contribution in [0, 0.1) is 0 Å². The SMILES string of the molecule is CN(CCC1CCCN1)C(=O)c1ccco1. The summed E-state index contributed by atoms with van der Waals surface area (Å²) in [4.78, 5) is 13.5. The maximum Gasteiger partial charge on any atom is 0.289 e. The molecule has 2 rings (SSSR count). The lowest BCUT2D eigenvalue weighted by atomic mass is 10.1. The summed E-state index contributed by atoms with van der Waals surface area (Å²) in [5.74, 6) is 0.380. The molecule has 1 aliphatic heterocycles. The van der Waals surface area contributed by atoms with Crippen LogP contribution >= 0.6 is 0 Å². The van der Waals surface area contributed by atoms with E-state index in [0.29, 0.717) is 11.8 Å². The highest BCUT2D eigenvalue weighted by Gasteiger charge is 2.18. The Balaban J connectivity index is 1.78. The Labute approximate surface area is 95.6 Å². The highest BCUT2D eigenvalue weighted by Crippen LogP contribution is 2.10. The third-order valence-corrected chi connectivity index (χ3v) is 3.05. The minimum atomic E-state index is -0.0389. The van der Waals surface area contributed by atoms with E-state index in [1.54, 1.807) is 17.0 Å². The van der Waals surface area contributed by atoms with Crippen molar-refractivity contribution in [1.82, 2.24) is 10.2 Å². The predicted molar refractivity (Wildman–Crippen MR) is 61.3 cm³/mol. The van der Waals surface area contributed by atoms with E-state index >= 15 is 0 Å². The molecule has 88 valence electrons. The molecule has 4 nitrogen and oxygen atoms in total. The summed E-state index contributed by atoms with van der Waals surface area (Å²) in [6.45, 7) is 1.89. The largest absolute Gasteiger partial charge is 0.459 e. The molecule has 1 unspecified atom stereocenters. The lowest BCUT2D eigenvalue weighted by Crippen LogP contribution is -2.32. The number of nitrogens with zero attached hydrogens (tertiary/aromatic N) is 1. The Kier molecular flexibility index (Phi) is 3.62. The summed E-state index contributed by atoms with van der Waals surface area (Å²) in [6, 6.07) is 4.01. The normalized spacial score (nSPS) is 19.9. The van der Waals surface area contributed by atoms with E-state index in [2.05, 4.69) is 5.32 Å². The molecule has 1 saturated heterocycles. The monoisotopic (exact) mass is 222 g/mol. The summed E-state index contributed by atoms with van der Waals surface area (Å²) in [5, 5.41) is 3.42. The molecule has 2 heterocycles. The molecule has 1 N–H and O–H groups in total. The lowest BCUT2D eigenvalue weighted by Gasteiger charge is -2.18. The molecule has 0 radical (unpaired) electrons. The van der Waals surface area contributed by atoms with E-state index in [-0.39, 0.29) is 5.91 Å². The molecule has 1 amide bonds. The van der Waals surface area contributed by atoms with Gasteiger partial charge in [0.25, 0.3) is 5.91 Å². The van der Waals surface area contributed by atoms with Crippen LogP contribution in [0.4, 0.5) is 0 Å². The molecule has 1 atom stereocenters. The quantitative estimate of drug-likeness (QED) is 0.839. The van der Waals surface area contributed by atoms with Crippen LogP contribution in [0.15, 0.2) is 22.8 Å². The third-order valence-electron chi connectivity index (χ3n) is 3.05. The van der Waals surface area contributed by atoms with Gasteiger partial charge in [-0.1, -0.05) is 0 Å². The highest BCUT2D eigenvalue weighted by molar-refractivity contribution is 5.91. The fraction of sp³-hybridized carbons (Fsp3) is 0.583. The van der Waals surface area contributed by atoms with E-state index in [0.717, 1.165) is 19.5 Å². The highest BCUT2D eigenvalue weighted by atomic mass is 16.3. The first kappa shape index (κ1) is 11.2. The molecule has 4 heteroatoms. The van der Waals surface area contributed by atoms with Gasteiger partial charge in [0.05, 0.1) is 6.26 Å². The molecule has 16 heavy (non-hydrogen) atoms. The van der Waals surface area contributed by atoms with Gasteiger partial charge >= 0.3 is 0 Å². The summed E-state index contributed by atoms with van der Waals surface area (Å²) < 4.78 is 5.08. The van der Waals surface area contributed by atoms with Crippen molar-refractivity contribution in [3.8, 4) is 0 Å². The Hall–Kier alpha value is -1.29. The number of carbonyl (C=O) groups is 1. The van der Waals surface area contributed by atoms with Crippen molar-refractivity contribution in [3.05, 3.63) is 24.2 Å². The predicted octanol–water partition coefficient (Wildman–Crippen LogP) is 1.49. The van der Waals surface area contributed by atoms with Crippen molar-refractivity contribution in [2.45, 2.75) is 25.3 Å². The van der Waals surface area contributed by atoms with E-state index in [4.69, 9.17) is 4.42 Å². The topological polar surface area (TPSA) is 45.5 Å². The molecular weight excluding hydrogens is 204 g/mol. The maximum atomic E-state index is 11.8. The average molecular weight is 222 g/mol. The first-order valence-corrected chi connectivity index (χ1v) is 5.80. The molecule has 0 saturated carbocycles. The van der Waals surface area contributed by atoms with Gasteiger partial charge in [-0.3, -0.25) is 4.79 Å². The minimum absolute atomic E-state index is 0.0389. The van der Waals surface area contributed by atoms with Crippen LogP contribution in [0.25, 0.3) is 0 Å². The van der Waals surface area contributed by atoms with E-state index in [9.17, 15) is 4.79 Å². The number of nitrogens with one attached hydrogen (secondary N) is 1. The summed E-state index contributed by atoms with van der Waals surface area (Å²) in [6.07, 6.45) is 5.02. The standard InChI is InChI=1S/C12H18N2O2/c1-14(8-6-10-4-2-7-13-10)12(15)11-5-3-9-16-11/h3,5,9-10,13H,2,4,6-8H2,1H3. The van der Waals surface area contributed by atoms with Gasteiger partial charge in [-0.2, -0.15) is 0 Å². The Morgan fingerprint density at radius 1 is 1.69 bits per heavy atom. The van der Waals surface area contributed by atoms with Gasteiger partial charge in [0.2, 0.25) is 0 Å². The fourth-order valence-corrected chi connectivity index (χ4v) is 2.04. The second-order valence-electron chi connectivity index (χ2n) is 4.29. The number of amides is 1. The smallest absolute Gasteiger partial charge is 0.289 e. The van der Waals surface area contributed by atoms with Gasteiger partial charge < -0.3 is 14.6 Å². The van der Waals surface area contributed by atoms with Crippen molar-refractivity contribution in [2.75, 3.05) is 20.1 Å². The number of rotatable bonds is 4. The molecular formula is C12H18N2O2. The third kappa shape index (κ3) is 2.64. The zero-order valence-corrected chi connectivity index (χ0v) is 9.61. The van der Waals surface area contributed by atoms with Gasteiger partial charge in [-0.05, 0) is 37.9 Å². The fourth-order valence-electron chi connectivity index (χ4n) is 2.04. The Bertz CT molecular complexity index is 329. The second-order valence-corrected chi connectivity index (χ2v) is 4.29. The van der Waals surface area contributed by atoms with E-state index < -0.39 is 0 Å². The van der Waals surface area contributed by atoms with Gasteiger partial charge in [0.1, 0.15) is 0 Å². The van der Waals surface area contributed by atoms with Gasteiger partial charge in [0.15, 0.2) is 5.76 Å². The molecule has 1 aliphatic rings. The van der Waals surface area contributed by atoms with Gasteiger partial charge in [-0.25, -0.2) is 0 Å². The number of furan rings is 1. The summed E-state index contributed by atoms with van der Waals surface area (Å²) in [5.41, 5.74) is 0. The van der Waals surface area contributed by atoms with Crippen molar-refractivity contribution in [3.63, 3.8) is 0 Å². The first-order chi connectivity index (χ1) is 7.77. The average Bonchev–Trinajstić information content (AvgIpc) is 2.96. The van der Waals surface area contributed by atoms with Gasteiger partial charge in [0, 0.05) is 19.6 Å². The zero-order chi connectivity index (χ0) is 11.4. The molecule has 0 spiro atoms. The van der Waals surface area contributed by atoms with Crippen LogP contribution in [0.5, 0.6) is 0 Å². The van der Waals surface area contributed by atoms with Gasteiger partial charge in [-0.15, -0.1) is 0 Å². The second kappa shape index (κ2) is 5.16. The van der Waals surface area contributed by atoms with Crippen LogP contribution in [-0.2, 0) is 0 Å².